The van der Waals surface area contributed by atoms with Crippen LogP contribution in [-0.2, 0) is 4.74 Å². The van der Waals surface area contributed by atoms with E-state index >= 15 is 0 Å². The second-order valence-electron chi connectivity index (χ2n) is 5.27. The van der Waals surface area contributed by atoms with Crippen LogP contribution in [0, 0.1) is 5.92 Å². The summed E-state index contributed by atoms with van der Waals surface area (Å²) in [7, 11) is 6.03. The number of nitrogens with two attached hydrogens (primary N) is 1. The minimum Gasteiger partial charge on any atom is -0.383 e. The smallest absolute Gasteiger partial charge is 0.0615 e. The van der Waals surface area contributed by atoms with Crippen molar-refractivity contribution < 1.29 is 4.74 Å². The number of likely N-dealkylation sites (N-methyl/N-ethyl adjacent to an activating group) is 1. The minimum absolute atomic E-state index is 0.421. The third kappa shape index (κ3) is 7.71. The number of ether oxygens (including phenoxy) is 1. The Bertz CT molecular complexity index is 166. The molecule has 4 heteroatoms. The van der Waals surface area contributed by atoms with Crippen LogP contribution in [0.3, 0.4) is 0 Å². The van der Waals surface area contributed by atoms with Gasteiger partial charge < -0.3 is 20.7 Å². The number of nitrogens with zero attached hydrogens (tertiary/aromatic N) is 1. The molecule has 0 aliphatic carbocycles. The SMILES string of the molecule is COCC(CCCN)NCC(C(C)C)N(C)C. The van der Waals surface area contributed by atoms with E-state index in [0.29, 0.717) is 18.0 Å². The highest BCUT2D eigenvalue weighted by Gasteiger charge is 2.17. The van der Waals surface area contributed by atoms with Gasteiger partial charge in [0.1, 0.15) is 0 Å². The Morgan fingerprint density at radius 2 is 1.94 bits per heavy atom. The molecule has 0 heterocycles. The van der Waals surface area contributed by atoms with E-state index in [1.54, 1.807) is 7.11 Å². The molecule has 0 bridgehead atoms. The maximum atomic E-state index is 5.55. The van der Waals surface area contributed by atoms with E-state index < -0.39 is 0 Å². The predicted octanol–water partition coefficient (Wildman–Crippen LogP) is 0.916. The van der Waals surface area contributed by atoms with E-state index in [1.165, 1.54) is 0 Å². The third-order valence-corrected chi connectivity index (χ3v) is 3.17. The topological polar surface area (TPSA) is 50.5 Å². The number of hydrogen-bond acceptors (Lipinski definition) is 4. The zero-order chi connectivity index (χ0) is 13.3. The van der Waals surface area contributed by atoms with Crippen LogP contribution in [-0.4, -0.2) is 57.9 Å². The van der Waals surface area contributed by atoms with Crippen molar-refractivity contribution in [2.24, 2.45) is 11.7 Å². The lowest BCUT2D eigenvalue weighted by molar-refractivity contribution is 0.149. The highest BCUT2D eigenvalue weighted by molar-refractivity contribution is 4.76. The molecule has 0 amide bonds. The highest BCUT2D eigenvalue weighted by atomic mass is 16.5. The summed E-state index contributed by atoms with van der Waals surface area (Å²) in [5.74, 6) is 0.648. The number of methoxy groups -OCH3 is 1. The van der Waals surface area contributed by atoms with Crippen LogP contribution in [0.15, 0.2) is 0 Å². The van der Waals surface area contributed by atoms with Crippen molar-refractivity contribution in [3.8, 4) is 0 Å². The zero-order valence-corrected chi connectivity index (χ0v) is 12.2. The fourth-order valence-corrected chi connectivity index (χ4v) is 2.11. The molecule has 104 valence electrons. The molecule has 2 atom stereocenters. The summed E-state index contributed by atoms with van der Waals surface area (Å²) in [5.41, 5.74) is 5.55. The number of nitrogens with one attached hydrogen (secondary N) is 1. The van der Waals surface area contributed by atoms with Gasteiger partial charge in [-0.1, -0.05) is 13.8 Å². The van der Waals surface area contributed by atoms with Crippen LogP contribution in [0.2, 0.25) is 0 Å². The van der Waals surface area contributed by atoms with E-state index in [4.69, 9.17) is 10.5 Å². The van der Waals surface area contributed by atoms with E-state index in [2.05, 4.69) is 38.2 Å². The summed E-state index contributed by atoms with van der Waals surface area (Å²) in [6.07, 6.45) is 2.14. The standard InChI is InChI=1S/C13H31N3O/c1-11(2)13(16(3)4)9-15-12(10-17-5)7-6-8-14/h11-13,15H,6-10,14H2,1-5H3. The summed E-state index contributed by atoms with van der Waals surface area (Å²) >= 11 is 0. The molecule has 0 spiro atoms. The summed E-state index contributed by atoms with van der Waals surface area (Å²) in [6, 6.07) is 0.983. The second kappa shape index (κ2) is 9.83. The van der Waals surface area contributed by atoms with Gasteiger partial charge in [-0.05, 0) is 39.4 Å². The lowest BCUT2D eigenvalue weighted by Gasteiger charge is -2.30. The summed E-state index contributed by atoms with van der Waals surface area (Å²) in [6.45, 7) is 7.04. The van der Waals surface area contributed by atoms with Gasteiger partial charge in [-0.2, -0.15) is 0 Å². The molecule has 0 aromatic rings. The number of rotatable bonds is 10. The molecule has 2 unspecified atom stereocenters. The van der Waals surface area contributed by atoms with Crippen molar-refractivity contribution in [1.29, 1.82) is 0 Å². The molecule has 0 aliphatic rings. The Hall–Kier alpha value is -0.160. The van der Waals surface area contributed by atoms with Crippen LogP contribution in [0.25, 0.3) is 0 Å². The van der Waals surface area contributed by atoms with Crippen molar-refractivity contribution in [3.63, 3.8) is 0 Å². The van der Waals surface area contributed by atoms with E-state index in [-0.39, 0.29) is 0 Å². The molecule has 0 radical (unpaired) electrons. The first-order chi connectivity index (χ1) is 8.02. The fourth-order valence-electron chi connectivity index (χ4n) is 2.11. The molecule has 0 aliphatic heterocycles. The van der Waals surface area contributed by atoms with Gasteiger partial charge in [-0.25, -0.2) is 0 Å². The molecule has 0 aromatic heterocycles. The average Bonchev–Trinajstić information content (AvgIpc) is 2.24. The molecule has 0 rings (SSSR count). The molecule has 0 saturated heterocycles. The molecule has 3 N–H and O–H groups in total. The van der Waals surface area contributed by atoms with Crippen molar-refractivity contribution >= 4 is 0 Å². The van der Waals surface area contributed by atoms with E-state index in [0.717, 1.165) is 32.5 Å². The van der Waals surface area contributed by atoms with Crippen LogP contribution in [0.1, 0.15) is 26.7 Å². The molecule has 4 nitrogen and oxygen atoms in total. The Morgan fingerprint density at radius 3 is 2.35 bits per heavy atom. The largest absolute Gasteiger partial charge is 0.383 e. The molecular formula is C13H31N3O. The van der Waals surface area contributed by atoms with Gasteiger partial charge in [0.05, 0.1) is 6.61 Å². The Morgan fingerprint density at radius 1 is 1.29 bits per heavy atom. The maximum Gasteiger partial charge on any atom is 0.0615 e. The summed E-state index contributed by atoms with van der Waals surface area (Å²) < 4.78 is 5.24. The Balaban J connectivity index is 4.06. The van der Waals surface area contributed by atoms with Gasteiger partial charge in [0.25, 0.3) is 0 Å². The van der Waals surface area contributed by atoms with Crippen LogP contribution >= 0.6 is 0 Å². The van der Waals surface area contributed by atoms with E-state index in [9.17, 15) is 0 Å². The molecule has 0 saturated carbocycles. The first-order valence-corrected chi connectivity index (χ1v) is 6.61. The van der Waals surface area contributed by atoms with Crippen molar-refractivity contribution in [3.05, 3.63) is 0 Å². The monoisotopic (exact) mass is 245 g/mol. The average molecular weight is 245 g/mol. The maximum absolute atomic E-state index is 5.55. The van der Waals surface area contributed by atoms with Crippen molar-refractivity contribution in [2.45, 2.75) is 38.8 Å². The second-order valence-corrected chi connectivity index (χ2v) is 5.27. The summed E-state index contributed by atoms with van der Waals surface area (Å²) in [5, 5.41) is 3.60. The van der Waals surface area contributed by atoms with Gasteiger partial charge in [-0.15, -0.1) is 0 Å². The predicted molar refractivity (Wildman–Crippen MR) is 74.3 cm³/mol. The van der Waals surface area contributed by atoms with Gasteiger partial charge in [0.2, 0.25) is 0 Å². The van der Waals surface area contributed by atoms with Crippen LogP contribution < -0.4 is 11.1 Å². The number of hydrogen-bond donors (Lipinski definition) is 2. The lowest BCUT2D eigenvalue weighted by atomic mass is 10.0. The normalized spacial score (nSPS) is 15.5. The van der Waals surface area contributed by atoms with Crippen molar-refractivity contribution in [2.75, 3.05) is 40.9 Å². The Labute approximate surface area is 107 Å². The first kappa shape index (κ1) is 16.8. The summed E-state index contributed by atoms with van der Waals surface area (Å²) in [4.78, 5) is 2.28. The molecule has 17 heavy (non-hydrogen) atoms. The van der Waals surface area contributed by atoms with Gasteiger partial charge in [0, 0.05) is 25.7 Å². The third-order valence-electron chi connectivity index (χ3n) is 3.17. The van der Waals surface area contributed by atoms with Gasteiger partial charge >= 0.3 is 0 Å². The van der Waals surface area contributed by atoms with Crippen LogP contribution in [0.5, 0.6) is 0 Å². The first-order valence-electron chi connectivity index (χ1n) is 6.61. The zero-order valence-electron chi connectivity index (χ0n) is 12.2. The molecule has 0 fully saturated rings. The molecular weight excluding hydrogens is 214 g/mol. The van der Waals surface area contributed by atoms with E-state index in [1.807, 2.05) is 0 Å². The molecule has 0 aromatic carbocycles. The highest BCUT2D eigenvalue weighted by Crippen LogP contribution is 2.07. The lowest BCUT2D eigenvalue weighted by Crippen LogP contribution is -2.46. The van der Waals surface area contributed by atoms with Crippen molar-refractivity contribution in [1.82, 2.24) is 10.2 Å². The van der Waals surface area contributed by atoms with Crippen LogP contribution in [0.4, 0.5) is 0 Å². The fraction of sp³-hybridized carbons (Fsp3) is 1.00. The quantitative estimate of drug-likeness (QED) is 0.601. The van der Waals surface area contributed by atoms with Gasteiger partial charge in [0.15, 0.2) is 0 Å². The minimum atomic E-state index is 0.421. The Kier molecular flexibility index (Phi) is 9.74. The van der Waals surface area contributed by atoms with Gasteiger partial charge in [-0.3, -0.25) is 0 Å².